The van der Waals surface area contributed by atoms with Crippen LogP contribution in [0.5, 0.6) is 0 Å². The zero-order valence-corrected chi connectivity index (χ0v) is 14.3. The molecule has 9 nitrogen and oxygen atoms in total. The highest BCUT2D eigenvalue weighted by Gasteiger charge is 2.35. The van der Waals surface area contributed by atoms with Crippen LogP contribution in [0.3, 0.4) is 0 Å². The molecular formula is C17H19N7O2. The summed E-state index contributed by atoms with van der Waals surface area (Å²) in [5.41, 5.74) is 1.44. The van der Waals surface area contributed by atoms with Crippen LogP contribution in [0.2, 0.25) is 0 Å². The largest absolute Gasteiger partial charge is 0.388 e. The van der Waals surface area contributed by atoms with Crippen molar-refractivity contribution in [2.75, 3.05) is 0 Å². The molecule has 1 aliphatic rings. The minimum Gasteiger partial charge on any atom is -0.388 e. The van der Waals surface area contributed by atoms with E-state index in [1.54, 1.807) is 23.3 Å². The molecule has 1 saturated carbocycles. The first-order valence-electron chi connectivity index (χ1n) is 8.40. The number of hydrogen-bond donors (Lipinski definition) is 2. The molecule has 2 aromatic heterocycles. The predicted molar refractivity (Wildman–Crippen MR) is 91.5 cm³/mol. The van der Waals surface area contributed by atoms with Crippen LogP contribution in [0.4, 0.5) is 0 Å². The molecule has 2 N–H and O–H groups in total. The van der Waals surface area contributed by atoms with Crippen molar-refractivity contribution in [3.05, 3.63) is 54.1 Å². The number of nitrogens with one attached hydrogen (secondary N) is 1. The van der Waals surface area contributed by atoms with Crippen molar-refractivity contribution in [3.8, 4) is 5.69 Å². The van der Waals surface area contributed by atoms with Crippen LogP contribution < -0.4 is 5.32 Å². The van der Waals surface area contributed by atoms with Crippen LogP contribution in [0.1, 0.15) is 40.8 Å². The number of aromatic nitrogens is 6. The summed E-state index contributed by atoms with van der Waals surface area (Å²) >= 11 is 0. The van der Waals surface area contributed by atoms with Gasteiger partial charge >= 0.3 is 0 Å². The number of aliphatic hydroxyl groups is 1. The molecule has 1 aliphatic carbocycles. The minimum atomic E-state index is -0.126. The molecule has 134 valence electrons. The van der Waals surface area contributed by atoms with E-state index >= 15 is 0 Å². The Labute approximate surface area is 149 Å². The van der Waals surface area contributed by atoms with Crippen molar-refractivity contribution in [1.29, 1.82) is 0 Å². The minimum absolute atomic E-state index is 0.0996. The first-order chi connectivity index (χ1) is 12.7. The third-order valence-corrected chi connectivity index (χ3v) is 4.80. The zero-order valence-electron chi connectivity index (χ0n) is 14.3. The van der Waals surface area contributed by atoms with Gasteiger partial charge in [-0.3, -0.25) is 9.36 Å². The van der Waals surface area contributed by atoms with Gasteiger partial charge in [0, 0.05) is 30.3 Å². The quantitative estimate of drug-likeness (QED) is 0.693. The van der Waals surface area contributed by atoms with Gasteiger partial charge in [0.1, 0.15) is 25.1 Å². The van der Waals surface area contributed by atoms with Crippen molar-refractivity contribution < 1.29 is 9.90 Å². The summed E-state index contributed by atoms with van der Waals surface area (Å²) < 4.78 is 3.58. The number of nitrogens with zero attached hydrogens (tertiary/aromatic N) is 6. The summed E-state index contributed by atoms with van der Waals surface area (Å²) in [6, 6.07) is 7.44. The highest BCUT2D eigenvalue weighted by Crippen LogP contribution is 2.36. The van der Waals surface area contributed by atoms with Gasteiger partial charge in [-0.1, -0.05) is 6.07 Å². The van der Waals surface area contributed by atoms with E-state index in [0.29, 0.717) is 11.4 Å². The van der Waals surface area contributed by atoms with Gasteiger partial charge in [-0.25, -0.2) is 0 Å². The van der Waals surface area contributed by atoms with E-state index in [1.807, 2.05) is 29.8 Å². The van der Waals surface area contributed by atoms with Gasteiger partial charge in [0.2, 0.25) is 0 Å². The van der Waals surface area contributed by atoms with Crippen molar-refractivity contribution in [3.63, 3.8) is 0 Å². The molecule has 4 rings (SSSR count). The number of carbonyl (C=O) groups is 1. The number of hydrogen-bond acceptors (Lipinski definition) is 6. The van der Waals surface area contributed by atoms with Crippen LogP contribution in [0.15, 0.2) is 36.9 Å². The molecule has 9 heteroatoms. The normalized spacial score (nSPS) is 19.2. The van der Waals surface area contributed by atoms with Crippen LogP contribution in [0, 0.1) is 0 Å². The Balaban J connectivity index is 1.38. The summed E-state index contributed by atoms with van der Waals surface area (Å²) in [5.74, 6) is 1.56. The van der Waals surface area contributed by atoms with Crippen molar-refractivity contribution in [2.24, 2.45) is 7.05 Å². The summed E-state index contributed by atoms with van der Waals surface area (Å²) in [7, 11) is 1.85. The molecule has 1 fully saturated rings. The molecule has 26 heavy (non-hydrogen) atoms. The van der Waals surface area contributed by atoms with Crippen LogP contribution in [0.25, 0.3) is 5.69 Å². The lowest BCUT2D eigenvalue weighted by atomic mass is 9.79. The summed E-state index contributed by atoms with van der Waals surface area (Å²) in [6.45, 7) is -0.126. The summed E-state index contributed by atoms with van der Waals surface area (Å²) in [4.78, 5) is 12.5. The fourth-order valence-electron chi connectivity index (χ4n) is 3.23. The molecule has 0 atom stereocenters. The lowest BCUT2D eigenvalue weighted by Crippen LogP contribution is -2.44. The molecule has 0 aliphatic heterocycles. The first kappa shape index (κ1) is 16.4. The second-order valence-corrected chi connectivity index (χ2v) is 6.45. The van der Waals surface area contributed by atoms with Gasteiger partial charge < -0.3 is 15.0 Å². The van der Waals surface area contributed by atoms with E-state index in [-0.39, 0.29) is 24.5 Å². The lowest BCUT2D eigenvalue weighted by Gasteiger charge is -2.35. The molecule has 1 amide bonds. The van der Waals surface area contributed by atoms with E-state index in [2.05, 4.69) is 25.7 Å². The molecular weight excluding hydrogens is 334 g/mol. The predicted octanol–water partition coefficient (Wildman–Crippen LogP) is 0.564. The second-order valence-electron chi connectivity index (χ2n) is 6.45. The number of carbonyl (C=O) groups excluding carboxylic acids is 1. The average molecular weight is 353 g/mol. The van der Waals surface area contributed by atoms with E-state index in [0.717, 1.165) is 24.4 Å². The Morgan fingerprint density at radius 1 is 1.27 bits per heavy atom. The maximum Gasteiger partial charge on any atom is 0.251 e. The molecule has 0 bridgehead atoms. The smallest absolute Gasteiger partial charge is 0.251 e. The third kappa shape index (κ3) is 2.97. The summed E-state index contributed by atoms with van der Waals surface area (Å²) in [5, 5.41) is 27.9. The molecule has 0 saturated heterocycles. The highest BCUT2D eigenvalue weighted by molar-refractivity contribution is 5.95. The van der Waals surface area contributed by atoms with Gasteiger partial charge in [0.25, 0.3) is 5.91 Å². The Morgan fingerprint density at radius 3 is 2.73 bits per heavy atom. The number of benzene rings is 1. The fourth-order valence-corrected chi connectivity index (χ4v) is 3.23. The fraction of sp³-hybridized carbons (Fsp3) is 0.353. The van der Waals surface area contributed by atoms with Gasteiger partial charge in [-0.05, 0) is 31.0 Å². The molecule has 3 aromatic rings. The van der Waals surface area contributed by atoms with E-state index in [9.17, 15) is 9.90 Å². The van der Waals surface area contributed by atoms with Crippen LogP contribution in [-0.2, 0) is 13.7 Å². The third-order valence-electron chi connectivity index (χ3n) is 4.80. The SMILES string of the molecule is Cn1c(CO)nnc1C1CC(NC(=O)c2cccc(-n3cnnc3)c2)C1. The Hall–Kier alpha value is -3.07. The van der Waals surface area contributed by atoms with Crippen LogP contribution >= 0.6 is 0 Å². The van der Waals surface area contributed by atoms with Crippen molar-refractivity contribution in [1.82, 2.24) is 34.8 Å². The number of amides is 1. The lowest BCUT2D eigenvalue weighted by molar-refractivity contribution is 0.0907. The maximum atomic E-state index is 12.5. The van der Waals surface area contributed by atoms with E-state index in [1.165, 1.54) is 0 Å². The van der Waals surface area contributed by atoms with Crippen LogP contribution in [-0.4, -0.2) is 46.6 Å². The molecule has 1 aromatic carbocycles. The van der Waals surface area contributed by atoms with Gasteiger partial charge in [-0.15, -0.1) is 20.4 Å². The Bertz CT molecular complexity index is 913. The topological polar surface area (TPSA) is 111 Å². The van der Waals surface area contributed by atoms with Crippen molar-refractivity contribution in [2.45, 2.75) is 31.4 Å². The highest BCUT2D eigenvalue weighted by atomic mass is 16.3. The van der Waals surface area contributed by atoms with Gasteiger partial charge in [0.15, 0.2) is 5.82 Å². The first-order valence-corrected chi connectivity index (χ1v) is 8.40. The van der Waals surface area contributed by atoms with Crippen molar-refractivity contribution >= 4 is 5.91 Å². The van der Waals surface area contributed by atoms with E-state index in [4.69, 9.17) is 0 Å². The Morgan fingerprint density at radius 2 is 2.04 bits per heavy atom. The van der Waals surface area contributed by atoms with Gasteiger partial charge in [-0.2, -0.15) is 0 Å². The standard InChI is InChI=1S/C17H19N7O2/c1-23-15(8-25)21-22-16(23)12-5-13(6-12)20-17(26)11-3-2-4-14(7-11)24-9-18-19-10-24/h2-4,7,9-10,12-13,25H,5-6,8H2,1H3,(H,20,26). The maximum absolute atomic E-state index is 12.5. The molecule has 0 unspecified atom stereocenters. The Kier molecular flexibility index (Phi) is 4.21. The molecule has 0 radical (unpaired) electrons. The van der Waals surface area contributed by atoms with E-state index < -0.39 is 0 Å². The monoisotopic (exact) mass is 353 g/mol. The molecule has 2 heterocycles. The second kappa shape index (κ2) is 6.68. The summed E-state index contributed by atoms with van der Waals surface area (Å²) in [6.07, 6.45) is 4.81. The average Bonchev–Trinajstić information content (AvgIpc) is 3.28. The number of aliphatic hydroxyl groups excluding tert-OH is 1. The zero-order chi connectivity index (χ0) is 18.1. The van der Waals surface area contributed by atoms with Gasteiger partial charge in [0.05, 0.1) is 0 Å². The molecule has 0 spiro atoms. The number of rotatable bonds is 5.